The van der Waals surface area contributed by atoms with Gasteiger partial charge in [-0.15, -0.1) is 24.0 Å². The maximum atomic E-state index is 11.0. The number of sulfonamides is 1. The van der Waals surface area contributed by atoms with Crippen molar-refractivity contribution in [3.63, 3.8) is 0 Å². The Hall–Kier alpha value is -0.130. The summed E-state index contributed by atoms with van der Waals surface area (Å²) >= 11 is 0. The molecule has 9 heteroatoms. The molecule has 0 spiro atoms. The van der Waals surface area contributed by atoms with Crippen LogP contribution in [0.1, 0.15) is 20.3 Å². The topological polar surface area (TPSA) is 77.0 Å². The average molecular weight is 461 g/mol. The molecule has 1 saturated heterocycles. The fourth-order valence-corrected chi connectivity index (χ4v) is 3.24. The van der Waals surface area contributed by atoms with Crippen LogP contribution in [0.25, 0.3) is 0 Å². The van der Waals surface area contributed by atoms with Crippen molar-refractivity contribution in [2.45, 2.75) is 20.3 Å². The minimum atomic E-state index is -3.12. The summed E-state index contributed by atoms with van der Waals surface area (Å²) in [6.45, 7) is 10.6. The summed E-state index contributed by atoms with van der Waals surface area (Å²) < 4.78 is 24.5. The molecule has 1 aliphatic rings. The van der Waals surface area contributed by atoms with Gasteiger partial charge in [0.15, 0.2) is 5.96 Å². The molecule has 0 aromatic rings. The first-order chi connectivity index (χ1) is 10.4. The standard InChI is InChI=1S/C14H31N5O2S.HI/c1-5-18(6-2)11-13-7-10-19(12-13)14(15-3)16-8-9-17-22(4,20)21;/h13,17H,5-12H2,1-4H3,(H,15,16);1H. The van der Waals surface area contributed by atoms with E-state index in [1.165, 1.54) is 12.7 Å². The third kappa shape index (κ3) is 9.06. The lowest BCUT2D eigenvalue weighted by atomic mass is 10.1. The Morgan fingerprint density at radius 1 is 1.30 bits per heavy atom. The first kappa shape index (κ1) is 22.9. The summed E-state index contributed by atoms with van der Waals surface area (Å²) in [7, 11) is -1.36. The lowest BCUT2D eigenvalue weighted by molar-refractivity contribution is 0.255. The number of nitrogens with one attached hydrogen (secondary N) is 2. The first-order valence-corrected chi connectivity index (χ1v) is 9.91. The Bertz CT molecular complexity index is 454. The number of aliphatic imine (C=N–C) groups is 1. The molecule has 23 heavy (non-hydrogen) atoms. The molecule has 2 N–H and O–H groups in total. The van der Waals surface area contributed by atoms with Crippen LogP contribution >= 0.6 is 24.0 Å². The quantitative estimate of drug-likeness (QED) is 0.237. The average Bonchev–Trinajstić information content (AvgIpc) is 2.92. The molecule has 0 saturated carbocycles. The van der Waals surface area contributed by atoms with Crippen LogP contribution in [0.3, 0.4) is 0 Å². The van der Waals surface area contributed by atoms with Gasteiger partial charge >= 0.3 is 0 Å². The van der Waals surface area contributed by atoms with Gasteiger partial charge in [0.05, 0.1) is 6.26 Å². The summed E-state index contributed by atoms with van der Waals surface area (Å²) in [5.74, 6) is 1.53. The molecule has 0 bridgehead atoms. The van der Waals surface area contributed by atoms with E-state index < -0.39 is 10.0 Å². The zero-order valence-corrected chi connectivity index (χ0v) is 17.9. The number of rotatable bonds is 8. The molecule has 7 nitrogen and oxygen atoms in total. The lowest BCUT2D eigenvalue weighted by Gasteiger charge is -2.24. The summed E-state index contributed by atoms with van der Waals surface area (Å²) in [4.78, 5) is 9.02. The normalized spacial score (nSPS) is 19.1. The van der Waals surface area contributed by atoms with Gasteiger partial charge in [-0.2, -0.15) is 0 Å². The van der Waals surface area contributed by atoms with Crippen molar-refractivity contribution in [3.8, 4) is 0 Å². The highest BCUT2D eigenvalue weighted by Gasteiger charge is 2.25. The number of guanidine groups is 1. The van der Waals surface area contributed by atoms with Gasteiger partial charge in [-0.3, -0.25) is 4.99 Å². The largest absolute Gasteiger partial charge is 0.355 e. The van der Waals surface area contributed by atoms with E-state index in [0.717, 1.165) is 38.7 Å². The van der Waals surface area contributed by atoms with E-state index in [1.807, 2.05) is 0 Å². The van der Waals surface area contributed by atoms with Crippen LogP contribution in [0.15, 0.2) is 4.99 Å². The predicted molar refractivity (Wildman–Crippen MR) is 107 cm³/mol. The monoisotopic (exact) mass is 461 g/mol. The fourth-order valence-electron chi connectivity index (χ4n) is 2.76. The van der Waals surface area contributed by atoms with Gasteiger partial charge in [-0.25, -0.2) is 13.1 Å². The van der Waals surface area contributed by atoms with Crippen molar-refractivity contribution >= 4 is 40.0 Å². The number of nitrogens with zero attached hydrogens (tertiary/aromatic N) is 3. The van der Waals surface area contributed by atoms with Gasteiger partial charge < -0.3 is 15.1 Å². The van der Waals surface area contributed by atoms with Crippen LogP contribution in [0, 0.1) is 5.92 Å². The molecule has 0 radical (unpaired) electrons. The van der Waals surface area contributed by atoms with E-state index in [1.54, 1.807) is 7.05 Å². The molecule has 138 valence electrons. The fraction of sp³-hybridized carbons (Fsp3) is 0.929. The molecule has 1 aliphatic heterocycles. The minimum Gasteiger partial charge on any atom is -0.355 e. The maximum absolute atomic E-state index is 11.0. The Labute approximate surface area is 158 Å². The Morgan fingerprint density at radius 2 is 1.96 bits per heavy atom. The summed E-state index contributed by atoms with van der Waals surface area (Å²) in [6.07, 6.45) is 2.35. The summed E-state index contributed by atoms with van der Waals surface area (Å²) in [5, 5.41) is 3.22. The second kappa shape index (κ2) is 11.4. The van der Waals surface area contributed by atoms with Crippen molar-refractivity contribution < 1.29 is 8.42 Å². The van der Waals surface area contributed by atoms with Gasteiger partial charge in [0.2, 0.25) is 10.0 Å². The molecular weight excluding hydrogens is 429 g/mol. The summed E-state index contributed by atoms with van der Waals surface area (Å²) in [6, 6.07) is 0. The van der Waals surface area contributed by atoms with Gasteiger partial charge in [-0.05, 0) is 25.4 Å². The van der Waals surface area contributed by atoms with E-state index in [0.29, 0.717) is 19.0 Å². The van der Waals surface area contributed by atoms with Crippen LogP contribution in [-0.2, 0) is 10.0 Å². The summed E-state index contributed by atoms with van der Waals surface area (Å²) in [5.41, 5.74) is 0. The van der Waals surface area contributed by atoms with E-state index in [4.69, 9.17) is 0 Å². The van der Waals surface area contributed by atoms with Crippen molar-refractivity contribution in [2.24, 2.45) is 10.9 Å². The number of likely N-dealkylation sites (tertiary alicyclic amines) is 1. The molecule has 1 rings (SSSR count). The van der Waals surface area contributed by atoms with E-state index in [2.05, 4.69) is 38.7 Å². The molecule has 1 atom stereocenters. The number of hydrogen-bond acceptors (Lipinski definition) is 4. The minimum absolute atomic E-state index is 0. The van der Waals surface area contributed by atoms with Crippen LogP contribution in [0.2, 0.25) is 0 Å². The van der Waals surface area contributed by atoms with Crippen LogP contribution in [0.4, 0.5) is 0 Å². The highest BCUT2D eigenvalue weighted by Crippen LogP contribution is 2.17. The van der Waals surface area contributed by atoms with Crippen LogP contribution in [-0.4, -0.2) is 83.3 Å². The van der Waals surface area contributed by atoms with Crippen molar-refractivity contribution in [3.05, 3.63) is 0 Å². The molecule has 0 amide bonds. The Balaban J connectivity index is 0.00000484. The van der Waals surface area contributed by atoms with E-state index in [9.17, 15) is 8.42 Å². The third-order valence-electron chi connectivity index (χ3n) is 3.98. The molecule has 1 heterocycles. The Morgan fingerprint density at radius 3 is 2.48 bits per heavy atom. The molecule has 1 fully saturated rings. The van der Waals surface area contributed by atoms with Gasteiger partial charge in [0.25, 0.3) is 0 Å². The first-order valence-electron chi connectivity index (χ1n) is 8.02. The SMILES string of the molecule is CCN(CC)CC1CCN(C(=NC)NCCNS(C)(=O)=O)C1.I. The van der Waals surface area contributed by atoms with Gasteiger partial charge in [0.1, 0.15) is 0 Å². The van der Waals surface area contributed by atoms with Crippen LogP contribution < -0.4 is 10.0 Å². The van der Waals surface area contributed by atoms with Crippen molar-refractivity contribution in [1.29, 1.82) is 0 Å². The molecule has 1 unspecified atom stereocenters. The van der Waals surface area contributed by atoms with Crippen molar-refractivity contribution in [2.75, 3.05) is 59.1 Å². The van der Waals surface area contributed by atoms with Gasteiger partial charge in [-0.1, -0.05) is 13.8 Å². The Kier molecular flexibility index (Phi) is 11.4. The maximum Gasteiger partial charge on any atom is 0.208 e. The second-order valence-electron chi connectivity index (χ2n) is 5.73. The molecule has 0 aromatic heterocycles. The highest BCUT2D eigenvalue weighted by atomic mass is 127. The lowest BCUT2D eigenvalue weighted by Crippen LogP contribution is -2.43. The van der Waals surface area contributed by atoms with Crippen molar-refractivity contribution in [1.82, 2.24) is 19.8 Å². The van der Waals surface area contributed by atoms with Crippen LogP contribution in [0.5, 0.6) is 0 Å². The highest BCUT2D eigenvalue weighted by molar-refractivity contribution is 14.0. The zero-order chi connectivity index (χ0) is 16.6. The predicted octanol–water partition coefficient (Wildman–Crippen LogP) is 0.393. The molecular formula is C14H32IN5O2S. The van der Waals surface area contributed by atoms with E-state index in [-0.39, 0.29) is 24.0 Å². The smallest absolute Gasteiger partial charge is 0.208 e. The number of halogens is 1. The van der Waals surface area contributed by atoms with E-state index >= 15 is 0 Å². The molecule has 0 aliphatic carbocycles. The number of hydrogen-bond donors (Lipinski definition) is 2. The second-order valence-corrected chi connectivity index (χ2v) is 7.56. The zero-order valence-electron chi connectivity index (χ0n) is 14.7. The molecule has 0 aromatic carbocycles. The van der Waals surface area contributed by atoms with Gasteiger partial charge in [0, 0.05) is 39.8 Å². The third-order valence-corrected chi connectivity index (χ3v) is 4.71.